The van der Waals surface area contributed by atoms with Crippen molar-refractivity contribution in [2.75, 3.05) is 18.8 Å². The van der Waals surface area contributed by atoms with Gasteiger partial charge in [-0.3, -0.25) is 9.36 Å². The van der Waals surface area contributed by atoms with Crippen LogP contribution in [0.2, 0.25) is 0 Å². The van der Waals surface area contributed by atoms with Gasteiger partial charge in [-0.05, 0) is 31.9 Å². The molecule has 138 valence electrons. The number of aromatic nitrogens is 3. The molecule has 0 spiro atoms. The lowest BCUT2D eigenvalue weighted by Gasteiger charge is -2.15. The Kier molecular flexibility index (Phi) is 5.25. The number of hydrogen-bond acceptors (Lipinski definition) is 4. The molecular weight excluding hydrogens is 356 g/mol. The third-order valence-electron chi connectivity index (χ3n) is 4.74. The highest BCUT2D eigenvalue weighted by Gasteiger charge is 2.21. The summed E-state index contributed by atoms with van der Waals surface area (Å²) < 4.78 is 2.03. The van der Waals surface area contributed by atoms with Crippen LogP contribution in [0.3, 0.4) is 0 Å². The van der Waals surface area contributed by atoms with Gasteiger partial charge in [0.15, 0.2) is 11.0 Å². The molecule has 2 aromatic carbocycles. The highest BCUT2D eigenvalue weighted by atomic mass is 32.2. The molecule has 27 heavy (non-hydrogen) atoms. The summed E-state index contributed by atoms with van der Waals surface area (Å²) in [4.78, 5) is 14.4. The molecule has 6 heteroatoms. The first-order chi connectivity index (χ1) is 13.2. The number of nitrogens with zero attached hydrogens (tertiary/aromatic N) is 4. The first-order valence-corrected chi connectivity index (χ1v) is 10.2. The summed E-state index contributed by atoms with van der Waals surface area (Å²) in [6.07, 6.45) is 2.21. The highest BCUT2D eigenvalue weighted by Crippen LogP contribution is 2.28. The largest absolute Gasteiger partial charge is 0.342 e. The van der Waals surface area contributed by atoms with Gasteiger partial charge < -0.3 is 4.90 Å². The van der Waals surface area contributed by atoms with E-state index in [-0.39, 0.29) is 5.91 Å². The summed E-state index contributed by atoms with van der Waals surface area (Å²) in [6.45, 7) is 3.82. The summed E-state index contributed by atoms with van der Waals surface area (Å²) in [5.74, 6) is 1.35. The number of aryl methyl sites for hydroxylation is 1. The van der Waals surface area contributed by atoms with E-state index in [0.29, 0.717) is 5.75 Å². The van der Waals surface area contributed by atoms with Gasteiger partial charge in [0.25, 0.3) is 0 Å². The van der Waals surface area contributed by atoms with E-state index >= 15 is 0 Å². The maximum atomic E-state index is 12.4. The average Bonchev–Trinajstić information content (AvgIpc) is 3.37. The molecule has 2 heterocycles. The zero-order valence-corrected chi connectivity index (χ0v) is 16.2. The molecule has 1 saturated heterocycles. The van der Waals surface area contributed by atoms with Crippen LogP contribution in [-0.2, 0) is 4.79 Å². The van der Waals surface area contributed by atoms with E-state index in [4.69, 9.17) is 0 Å². The minimum absolute atomic E-state index is 0.178. The lowest BCUT2D eigenvalue weighted by atomic mass is 10.1. The van der Waals surface area contributed by atoms with Gasteiger partial charge in [0, 0.05) is 24.3 Å². The zero-order valence-electron chi connectivity index (χ0n) is 15.3. The SMILES string of the molecule is Cc1ccc(-c2nnc(SCC(=O)N3CCCC3)n2-c2ccccc2)cc1. The second-order valence-electron chi connectivity index (χ2n) is 6.72. The van der Waals surface area contributed by atoms with Crippen LogP contribution >= 0.6 is 11.8 Å². The van der Waals surface area contributed by atoms with Gasteiger partial charge in [-0.15, -0.1) is 10.2 Å². The zero-order chi connectivity index (χ0) is 18.6. The molecule has 1 aliphatic heterocycles. The van der Waals surface area contributed by atoms with Crippen molar-refractivity contribution >= 4 is 17.7 Å². The minimum atomic E-state index is 0.178. The minimum Gasteiger partial charge on any atom is -0.342 e. The summed E-state index contributed by atoms with van der Waals surface area (Å²) >= 11 is 1.45. The highest BCUT2D eigenvalue weighted by molar-refractivity contribution is 7.99. The Balaban J connectivity index is 1.65. The molecule has 5 nitrogen and oxygen atoms in total. The predicted octanol–water partition coefficient (Wildman–Crippen LogP) is 3.96. The van der Waals surface area contributed by atoms with Crippen LogP contribution in [0, 0.1) is 6.92 Å². The maximum absolute atomic E-state index is 12.4. The number of rotatable bonds is 5. The van der Waals surface area contributed by atoms with E-state index in [1.807, 2.05) is 39.8 Å². The van der Waals surface area contributed by atoms with Crippen molar-refractivity contribution in [2.24, 2.45) is 0 Å². The van der Waals surface area contributed by atoms with Crippen molar-refractivity contribution in [3.63, 3.8) is 0 Å². The number of likely N-dealkylation sites (tertiary alicyclic amines) is 1. The van der Waals surface area contributed by atoms with Gasteiger partial charge in [-0.2, -0.15) is 0 Å². The predicted molar refractivity (Wildman–Crippen MR) is 108 cm³/mol. The van der Waals surface area contributed by atoms with E-state index < -0.39 is 0 Å². The van der Waals surface area contributed by atoms with E-state index in [0.717, 1.165) is 48.2 Å². The molecule has 1 fully saturated rings. The maximum Gasteiger partial charge on any atom is 0.233 e. The Bertz CT molecular complexity index is 915. The van der Waals surface area contributed by atoms with Crippen LogP contribution in [0.1, 0.15) is 18.4 Å². The van der Waals surface area contributed by atoms with E-state index in [9.17, 15) is 4.79 Å². The van der Waals surface area contributed by atoms with Crippen molar-refractivity contribution in [3.05, 3.63) is 60.2 Å². The monoisotopic (exact) mass is 378 g/mol. The lowest BCUT2D eigenvalue weighted by Crippen LogP contribution is -2.29. The summed E-state index contributed by atoms with van der Waals surface area (Å²) in [6, 6.07) is 18.3. The van der Waals surface area contributed by atoms with Gasteiger partial charge in [0.05, 0.1) is 5.75 Å². The fourth-order valence-electron chi connectivity index (χ4n) is 3.25. The topological polar surface area (TPSA) is 51.0 Å². The first-order valence-electron chi connectivity index (χ1n) is 9.21. The Morgan fingerprint density at radius 2 is 1.70 bits per heavy atom. The third kappa shape index (κ3) is 3.90. The Morgan fingerprint density at radius 3 is 2.41 bits per heavy atom. The lowest BCUT2D eigenvalue weighted by molar-refractivity contribution is -0.127. The quantitative estimate of drug-likeness (QED) is 0.631. The van der Waals surface area contributed by atoms with Crippen LogP contribution in [0.5, 0.6) is 0 Å². The number of thioether (sulfide) groups is 1. The number of hydrogen-bond donors (Lipinski definition) is 0. The smallest absolute Gasteiger partial charge is 0.233 e. The van der Waals surface area contributed by atoms with Crippen LogP contribution in [0.4, 0.5) is 0 Å². The Morgan fingerprint density at radius 1 is 1.00 bits per heavy atom. The molecule has 1 amide bonds. The molecule has 4 rings (SSSR count). The van der Waals surface area contributed by atoms with Crippen molar-refractivity contribution in [1.82, 2.24) is 19.7 Å². The molecule has 0 radical (unpaired) electrons. The van der Waals surface area contributed by atoms with Gasteiger partial charge in [-0.1, -0.05) is 59.8 Å². The normalized spacial score (nSPS) is 13.9. The van der Waals surface area contributed by atoms with Gasteiger partial charge in [0.2, 0.25) is 5.91 Å². The standard InChI is InChI=1S/C21H22N4OS/c1-16-9-11-17(12-10-16)20-22-23-21(25(20)18-7-3-2-4-8-18)27-15-19(26)24-13-5-6-14-24/h2-4,7-12H,5-6,13-15H2,1H3. The van der Waals surface area contributed by atoms with Gasteiger partial charge >= 0.3 is 0 Å². The van der Waals surface area contributed by atoms with E-state index in [1.54, 1.807) is 0 Å². The molecule has 0 saturated carbocycles. The van der Waals surface area contributed by atoms with Crippen LogP contribution < -0.4 is 0 Å². The molecule has 0 atom stereocenters. The van der Waals surface area contributed by atoms with Crippen molar-refractivity contribution in [3.8, 4) is 17.1 Å². The summed E-state index contributed by atoms with van der Waals surface area (Å²) in [5, 5.41) is 9.57. The second-order valence-corrected chi connectivity index (χ2v) is 7.66. The van der Waals surface area contributed by atoms with E-state index in [1.165, 1.54) is 17.3 Å². The van der Waals surface area contributed by atoms with Gasteiger partial charge in [0.1, 0.15) is 0 Å². The molecule has 0 unspecified atom stereocenters. The fraction of sp³-hybridized carbons (Fsp3) is 0.286. The molecule has 0 aliphatic carbocycles. The number of carbonyl (C=O) groups is 1. The van der Waals surface area contributed by atoms with E-state index in [2.05, 4.69) is 41.4 Å². The second kappa shape index (κ2) is 7.96. The molecular formula is C21H22N4OS. The molecule has 0 N–H and O–H groups in total. The van der Waals surface area contributed by atoms with Crippen LogP contribution in [0.25, 0.3) is 17.1 Å². The molecule has 1 aliphatic rings. The van der Waals surface area contributed by atoms with Crippen LogP contribution in [-0.4, -0.2) is 44.4 Å². The third-order valence-corrected chi connectivity index (χ3v) is 5.65. The average molecular weight is 379 g/mol. The Labute approximate surface area is 163 Å². The number of benzene rings is 2. The van der Waals surface area contributed by atoms with Gasteiger partial charge in [-0.25, -0.2) is 0 Å². The number of para-hydroxylation sites is 1. The molecule has 3 aromatic rings. The van der Waals surface area contributed by atoms with Crippen molar-refractivity contribution in [1.29, 1.82) is 0 Å². The Hall–Kier alpha value is -2.60. The number of amides is 1. The molecule has 1 aromatic heterocycles. The fourth-order valence-corrected chi connectivity index (χ4v) is 4.10. The molecule has 0 bridgehead atoms. The first kappa shape index (κ1) is 17.8. The van der Waals surface area contributed by atoms with Crippen molar-refractivity contribution in [2.45, 2.75) is 24.9 Å². The summed E-state index contributed by atoms with van der Waals surface area (Å²) in [7, 11) is 0. The van der Waals surface area contributed by atoms with Crippen LogP contribution in [0.15, 0.2) is 59.8 Å². The van der Waals surface area contributed by atoms with Crippen molar-refractivity contribution < 1.29 is 4.79 Å². The number of carbonyl (C=O) groups excluding carboxylic acids is 1. The summed E-state index contributed by atoms with van der Waals surface area (Å²) in [5.41, 5.74) is 3.21.